The maximum Gasteiger partial charge on any atom is 0.159 e. The van der Waals surface area contributed by atoms with E-state index in [0.717, 1.165) is 67.3 Å². The molecule has 1 saturated heterocycles. The van der Waals surface area contributed by atoms with Crippen LogP contribution in [0, 0.1) is 16.7 Å². The Balaban J connectivity index is 1.34. The molecule has 2 heterocycles. The highest BCUT2D eigenvalue weighted by Crippen LogP contribution is 2.49. The number of fused-ring (bicyclic) bond motifs is 1. The van der Waals surface area contributed by atoms with Crippen LogP contribution in [0.3, 0.4) is 0 Å². The van der Waals surface area contributed by atoms with Crippen molar-refractivity contribution in [2.45, 2.75) is 38.2 Å². The molecule has 1 aliphatic carbocycles. The summed E-state index contributed by atoms with van der Waals surface area (Å²) in [6, 6.07) is 13.7. The van der Waals surface area contributed by atoms with Crippen LogP contribution in [0.25, 0.3) is 10.8 Å². The fourth-order valence-electron chi connectivity index (χ4n) is 5.31. The number of aliphatic hydroxyl groups is 1. The molecule has 34 heavy (non-hydrogen) atoms. The van der Waals surface area contributed by atoms with Gasteiger partial charge in [-0.1, -0.05) is 17.7 Å². The summed E-state index contributed by atoms with van der Waals surface area (Å²) in [6.07, 6.45) is 4.59. The number of benzene rings is 2. The van der Waals surface area contributed by atoms with Gasteiger partial charge in [-0.3, -0.25) is 0 Å². The average Bonchev–Trinajstić information content (AvgIpc) is 2.83. The van der Waals surface area contributed by atoms with Crippen molar-refractivity contribution in [3.05, 3.63) is 52.5 Å². The molecule has 0 atom stereocenters. The van der Waals surface area contributed by atoms with Crippen molar-refractivity contribution in [1.29, 1.82) is 5.26 Å². The van der Waals surface area contributed by atoms with Gasteiger partial charge in [-0.2, -0.15) is 5.26 Å². The quantitative estimate of drug-likeness (QED) is 0.537. The van der Waals surface area contributed by atoms with Crippen molar-refractivity contribution in [2.24, 2.45) is 5.41 Å². The average molecular weight is 478 g/mol. The molecule has 8 heteroatoms. The highest BCUT2D eigenvalue weighted by atomic mass is 35.5. The first-order valence-corrected chi connectivity index (χ1v) is 12.1. The lowest BCUT2D eigenvalue weighted by Crippen LogP contribution is -2.49. The first-order chi connectivity index (χ1) is 16.5. The van der Waals surface area contributed by atoms with E-state index in [2.05, 4.69) is 26.5 Å². The number of anilines is 2. The number of nitrogens with zero attached hydrogens (tertiary/aromatic N) is 4. The number of piperidine rings is 1. The fraction of sp³-hybridized carbons (Fsp3) is 0.423. The summed E-state index contributed by atoms with van der Waals surface area (Å²) in [5.74, 6) is 2.19. The predicted octanol–water partition coefficient (Wildman–Crippen LogP) is 4.56. The number of aliphatic hydroxyl groups excluding tert-OH is 1. The van der Waals surface area contributed by atoms with Crippen LogP contribution < -0.4 is 15.0 Å². The van der Waals surface area contributed by atoms with Crippen LogP contribution in [0.1, 0.15) is 36.8 Å². The Morgan fingerprint density at radius 3 is 2.65 bits per heavy atom. The standard InChI is InChI=1S/C26H28ClN5O2/c1-34-23-5-3-17(13-22(23)27)6-9-29-24-21-12-18(16-28)2-4-20(21)25(31-30-24)32-10-7-26(8-11-32)14-19(33)15-26/h2-5,12-13,19,33H,6-11,14-15H2,1H3,(H,29,30). The third-order valence-electron chi connectivity index (χ3n) is 7.27. The normalized spacial score (nSPS) is 17.4. The van der Waals surface area contributed by atoms with Crippen molar-refractivity contribution in [3.8, 4) is 11.8 Å². The van der Waals surface area contributed by atoms with Crippen LogP contribution in [0.15, 0.2) is 36.4 Å². The molecule has 176 valence electrons. The van der Waals surface area contributed by atoms with Crippen LogP contribution in [0.4, 0.5) is 11.6 Å². The van der Waals surface area contributed by atoms with Gasteiger partial charge in [0.25, 0.3) is 0 Å². The number of nitrogens with one attached hydrogen (secondary N) is 1. The summed E-state index contributed by atoms with van der Waals surface area (Å²) in [4.78, 5) is 2.29. The minimum atomic E-state index is -0.129. The molecule has 0 bridgehead atoms. The number of hydrogen-bond acceptors (Lipinski definition) is 7. The van der Waals surface area contributed by atoms with E-state index >= 15 is 0 Å². The molecular weight excluding hydrogens is 450 g/mol. The molecule has 1 spiro atoms. The van der Waals surface area contributed by atoms with E-state index in [0.29, 0.717) is 34.1 Å². The number of aromatic nitrogens is 2. The van der Waals surface area contributed by atoms with Gasteiger partial charge in [0.05, 0.1) is 29.9 Å². The zero-order valence-corrected chi connectivity index (χ0v) is 20.0. The van der Waals surface area contributed by atoms with Crippen LogP contribution in [0.5, 0.6) is 5.75 Å². The number of nitriles is 1. The molecular formula is C26H28ClN5O2. The van der Waals surface area contributed by atoms with Gasteiger partial charge in [0, 0.05) is 30.4 Å². The molecule has 5 rings (SSSR count). The van der Waals surface area contributed by atoms with Crippen molar-refractivity contribution in [2.75, 3.05) is 37.0 Å². The Labute approximate surface area is 204 Å². The Kier molecular flexibility index (Phi) is 6.20. The van der Waals surface area contributed by atoms with Crippen molar-refractivity contribution < 1.29 is 9.84 Å². The summed E-state index contributed by atoms with van der Waals surface area (Å²) < 4.78 is 5.22. The van der Waals surface area contributed by atoms with Crippen LogP contribution in [-0.2, 0) is 6.42 Å². The largest absolute Gasteiger partial charge is 0.495 e. The Morgan fingerprint density at radius 1 is 1.18 bits per heavy atom. The number of rotatable bonds is 6. The molecule has 1 aliphatic heterocycles. The minimum Gasteiger partial charge on any atom is -0.495 e. The van der Waals surface area contributed by atoms with E-state index < -0.39 is 0 Å². The summed E-state index contributed by atoms with van der Waals surface area (Å²) in [6.45, 7) is 2.46. The first kappa shape index (κ1) is 22.7. The lowest BCUT2D eigenvalue weighted by Gasteiger charge is -2.50. The second-order valence-corrected chi connectivity index (χ2v) is 9.85. The van der Waals surface area contributed by atoms with E-state index in [9.17, 15) is 10.4 Å². The zero-order chi connectivity index (χ0) is 23.7. The van der Waals surface area contributed by atoms with Gasteiger partial charge in [0.15, 0.2) is 11.6 Å². The van der Waals surface area contributed by atoms with Gasteiger partial charge in [-0.05, 0) is 73.4 Å². The van der Waals surface area contributed by atoms with Crippen molar-refractivity contribution in [1.82, 2.24) is 10.2 Å². The summed E-state index contributed by atoms with van der Waals surface area (Å²) in [5, 5.41) is 34.2. The smallest absolute Gasteiger partial charge is 0.159 e. The Morgan fingerprint density at radius 2 is 1.97 bits per heavy atom. The Bertz CT molecular complexity index is 1240. The third-order valence-corrected chi connectivity index (χ3v) is 7.57. The predicted molar refractivity (Wildman–Crippen MR) is 134 cm³/mol. The van der Waals surface area contributed by atoms with Gasteiger partial charge in [0.1, 0.15) is 5.75 Å². The lowest BCUT2D eigenvalue weighted by atomic mass is 9.61. The number of hydrogen-bond donors (Lipinski definition) is 2. The van der Waals surface area contributed by atoms with E-state index in [1.54, 1.807) is 7.11 Å². The molecule has 0 amide bonds. The van der Waals surface area contributed by atoms with Crippen molar-refractivity contribution >= 4 is 34.0 Å². The maximum absolute atomic E-state index is 9.77. The fourth-order valence-corrected chi connectivity index (χ4v) is 5.59. The van der Waals surface area contributed by atoms with Gasteiger partial charge < -0.3 is 20.1 Å². The molecule has 2 aromatic carbocycles. The van der Waals surface area contributed by atoms with E-state index in [1.807, 2.05) is 36.4 Å². The minimum absolute atomic E-state index is 0.129. The van der Waals surface area contributed by atoms with E-state index in [1.165, 1.54) is 0 Å². The molecule has 1 saturated carbocycles. The molecule has 1 aromatic heterocycles. The molecule has 0 unspecified atom stereocenters. The summed E-state index contributed by atoms with van der Waals surface area (Å²) in [5.41, 5.74) is 1.99. The highest BCUT2D eigenvalue weighted by Gasteiger charge is 2.45. The number of ether oxygens (including phenoxy) is 1. The summed E-state index contributed by atoms with van der Waals surface area (Å²) >= 11 is 6.25. The summed E-state index contributed by atoms with van der Waals surface area (Å²) in [7, 11) is 1.60. The number of methoxy groups -OCH3 is 1. The second-order valence-electron chi connectivity index (χ2n) is 9.44. The van der Waals surface area contributed by atoms with Gasteiger partial charge in [0.2, 0.25) is 0 Å². The van der Waals surface area contributed by atoms with Gasteiger partial charge in [-0.25, -0.2) is 0 Å². The SMILES string of the molecule is COc1ccc(CCNc2nnc(N3CCC4(CC3)CC(O)C4)c3ccc(C#N)cc23)cc1Cl. The monoisotopic (exact) mass is 477 g/mol. The maximum atomic E-state index is 9.77. The topological polar surface area (TPSA) is 94.3 Å². The van der Waals surface area contributed by atoms with E-state index in [-0.39, 0.29) is 6.10 Å². The molecule has 2 aliphatic rings. The first-order valence-electron chi connectivity index (χ1n) is 11.7. The molecule has 2 fully saturated rings. The lowest BCUT2D eigenvalue weighted by molar-refractivity contribution is -0.0464. The highest BCUT2D eigenvalue weighted by molar-refractivity contribution is 6.32. The molecule has 7 nitrogen and oxygen atoms in total. The molecule has 2 N–H and O–H groups in total. The second kappa shape index (κ2) is 9.28. The zero-order valence-electron chi connectivity index (χ0n) is 19.2. The molecule has 3 aromatic rings. The van der Waals surface area contributed by atoms with Gasteiger partial charge >= 0.3 is 0 Å². The van der Waals surface area contributed by atoms with Crippen LogP contribution in [0.2, 0.25) is 5.02 Å². The third kappa shape index (κ3) is 4.36. The van der Waals surface area contributed by atoms with Gasteiger partial charge in [-0.15, -0.1) is 10.2 Å². The van der Waals surface area contributed by atoms with Crippen LogP contribution >= 0.6 is 11.6 Å². The van der Waals surface area contributed by atoms with E-state index in [4.69, 9.17) is 16.3 Å². The van der Waals surface area contributed by atoms with Crippen LogP contribution in [-0.4, -0.2) is 48.2 Å². The van der Waals surface area contributed by atoms with Crippen molar-refractivity contribution in [3.63, 3.8) is 0 Å². The Hall–Kier alpha value is -3.08. The molecule has 0 radical (unpaired) electrons. The number of halogens is 1.